The second-order valence-electron chi connectivity index (χ2n) is 8.16. The molecule has 3 nitrogen and oxygen atoms in total. The molecule has 0 bridgehead atoms. The molecule has 2 aliphatic rings. The van der Waals surface area contributed by atoms with Crippen LogP contribution in [0.25, 0.3) is 16.7 Å². The summed E-state index contributed by atoms with van der Waals surface area (Å²) in [5.74, 6) is -3.12. The van der Waals surface area contributed by atoms with Crippen LogP contribution in [-0.2, 0) is 4.79 Å². The SMILES string of the molecule is Cc1c(F)cc(-c2ccccc2)c(Cl)c1C1=C(O)C2(CCC(C(F)(F)F)CC2)NC1=O. The van der Waals surface area contributed by atoms with E-state index in [9.17, 15) is 27.5 Å². The molecule has 1 saturated carbocycles. The van der Waals surface area contributed by atoms with Gasteiger partial charge in [0.15, 0.2) is 0 Å². The summed E-state index contributed by atoms with van der Waals surface area (Å²) in [5.41, 5.74) is -0.331. The molecule has 1 aliphatic carbocycles. The predicted octanol–water partition coefficient (Wildman–Crippen LogP) is 6.34. The van der Waals surface area contributed by atoms with E-state index in [1.54, 1.807) is 30.3 Å². The molecule has 4 rings (SSSR count). The lowest BCUT2D eigenvalue weighted by Crippen LogP contribution is -2.48. The van der Waals surface area contributed by atoms with Crippen LogP contribution in [0.3, 0.4) is 0 Å². The van der Waals surface area contributed by atoms with Crippen LogP contribution in [0.5, 0.6) is 0 Å². The van der Waals surface area contributed by atoms with Crippen molar-refractivity contribution in [2.24, 2.45) is 5.92 Å². The Hall–Kier alpha value is -2.54. The molecule has 2 aromatic rings. The molecule has 0 saturated heterocycles. The zero-order chi connectivity index (χ0) is 22.6. The summed E-state index contributed by atoms with van der Waals surface area (Å²) in [6.07, 6.45) is -4.87. The first-order valence-corrected chi connectivity index (χ1v) is 10.3. The third-order valence-corrected chi connectivity index (χ3v) is 6.76. The Morgan fingerprint density at radius 3 is 2.35 bits per heavy atom. The summed E-state index contributed by atoms with van der Waals surface area (Å²) in [6.45, 7) is 1.45. The van der Waals surface area contributed by atoms with Gasteiger partial charge >= 0.3 is 6.18 Å². The van der Waals surface area contributed by atoms with Gasteiger partial charge in [-0.3, -0.25) is 4.79 Å². The monoisotopic (exact) mass is 453 g/mol. The number of hydrogen-bond donors (Lipinski definition) is 2. The second-order valence-corrected chi connectivity index (χ2v) is 8.54. The zero-order valence-electron chi connectivity index (χ0n) is 16.6. The normalized spacial score (nSPS) is 24.1. The van der Waals surface area contributed by atoms with E-state index in [0.717, 1.165) is 0 Å². The number of aliphatic hydroxyl groups excluding tert-OH is 1. The highest BCUT2D eigenvalue weighted by Gasteiger charge is 2.52. The zero-order valence-corrected chi connectivity index (χ0v) is 17.4. The number of aliphatic hydroxyl groups is 1. The van der Waals surface area contributed by atoms with Gasteiger partial charge in [0.25, 0.3) is 5.91 Å². The Labute approximate surface area is 181 Å². The highest BCUT2D eigenvalue weighted by molar-refractivity contribution is 6.38. The van der Waals surface area contributed by atoms with E-state index in [1.165, 1.54) is 13.0 Å². The first-order valence-electron chi connectivity index (χ1n) is 9.92. The standard InChI is InChI=1S/C23H20ClF4NO2/c1-12-16(25)11-15(13-5-3-2-4-6-13)19(24)17(12)18-20(30)22(29-21(18)31)9-7-14(8-10-22)23(26,27)28/h2-6,11,14,30H,7-10H2,1H3,(H,29,31). The van der Waals surface area contributed by atoms with Crippen molar-refractivity contribution in [2.75, 3.05) is 0 Å². The molecule has 164 valence electrons. The van der Waals surface area contributed by atoms with Gasteiger partial charge < -0.3 is 10.4 Å². The second kappa shape index (κ2) is 7.55. The van der Waals surface area contributed by atoms with Gasteiger partial charge in [0.1, 0.15) is 11.6 Å². The highest BCUT2D eigenvalue weighted by atomic mass is 35.5. The molecule has 0 atom stereocenters. The van der Waals surface area contributed by atoms with E-state index in [-0.39, 0.29) is 53.2 Å². The lowest BCUT2D eigenvalue weighted by molar-refractivity contribution is -0.184. The molecular formula is C23H20ClF4NO2. The van der Waals surface area contributed by atoms with E-state index < -0.39 is 29.4 Å². The molecule has 2 aromatic carbocycles. The number of alkyl halides is 3. The predicted molar refractivity (Wildman–Crippen MR) is 110 cm³/mol. The fourth-order valence-corrected chi connectivity index (χ4v) is 4.96. The summed E-state index contributed by atoms with van der Waals surface area (Å²) < 4.78 is 54.0. The quantitative estimate of drug-likeness (QED) is 0.521. The lowest BCUT2D eigenvalue weighted by atomic mass is 9.75. The van der Waals surface area contributed by atoms with Crippen LogP contribution in [0.1, 0.15) is 36.8 Å². The first-order chi connectivity index (χ1) is 14.5. The van der Waals surface area contributed by atoms with Gasteiger partial charge in [0.2, 0.25) is 0 Å². The minimum Gasteiger partial charge on any atom is -0.509 e. The molecule has 31 heavy (non-hydrogen) atoms. The molecule has 1 amide bonds. The number of benzene rings is 2. The Kier molecular flexibility index (Phi) is 5.28. The van der Waals surface area contributed by atoms with Crippen LogP contribution in [0.4, 0.5) is 17.6 Å². The van der Waals surface area contributed by atoms with E-state index in [0.29, 0.717) is 11.1 Å². The van der Waals surface area contributed by atoms with E-state index in [4.69, 9.17) is 11.6 Å². The van der Waals surface area contributed by atoms with Crippen molar-refractivity contribution in [2.45, 2.75) is 44.3 Å². The number of amides is 1. The van der Waals surface area contributed by atoms with Crippen LogP contribution < -0.4 is 5.32 Å². The topological polar surface area (TPSA) is 49.3 Å². The van der Waals surface area contributed by atoms with Crippen LogP contribution in [0.2, 0.25) is 5.02 Å². The molecule has 2 N–H and O–H groups in total. The van der Waals surface area contributed by atoms with Crippen LogP contribution in [0, 0.1) is 18.7 Å². The molecule has 0 unspecified atom stereocenters. The first kappa shape index (κ1) is 21.7. The van der Waals surface area contributed by atoms with Gasteiger partial charge in [-0.05, 0) is 49.8 Å². The molecule has 0 aromatic heterocycles. The van der Waals surface area contributed by atoms with Crippen molar-refractivity contribution >= 4 is 23.1 Å². The van der Waals surface area contributed by atoms with Crippen LogP contribution in [0.15, 0.2) is 42.2 Å². The molecule has 0 radical (unpaired) electrons. The number of hydrogen-bond acceptors (Lipinski definition) is 2. The third kappa shape index (κ3) is 3.59. The number of nitrogens with one attached hydrogen (secondary N) is 1. The summed E-state index contributed by atoms with van der Waals surface area (Å²) >= 11 is 6.60. The van der Waals surface area contributed by atoms with Crippen molar-refractivity contribution in [1.29, 1.82) is 0 Å². The summed E-state index contributed by atoms with van der Waals surface area (Å²) in [7, 11) is 0. The van der Waals surface area contributed by atoms with Gasteiger partial charge in [-0.1, -0.05) is 41.9 Å². The average molecular weight is 454 g/mol. The molecule has 1 aliphatic heterocycles. The lowest BCUT2D eigenvalue weighted by Gasteiger charge is -2.37. The molecule has 8 heteroatoms. The van der Waals surface area contributed by atoms with Crippen molar-refractivity contribution < 1.29 is 27.5 Å². The Morgan fingerprint density at radius 2 is 1.77 bits per heavy atom. The fourth-order valence-electron chi connectivity index (χ4n) is 4.56. The van der Waals surface area contributed by atoms with Crippen molar-refractivity contribution in [3.8, 4) is 11.1 Å². The molecular weight excluding hydrogens is 434 g/mol. The Morgan fingerprint density at radius 1 is 1.16 bits per heavy atom. The van der Waals surface area contributed by atoms with E-state index in [2.05, 4.69) is 5.32 Å². The number of halogens is 5. The minimum atomic E-state index is -4.32. The van der Waals surface area contributed by atoms with Crippen molar-refractivity contribution in [1.82, 2.24) is 5.32 Å². The highest BCUT2D eigenvalue weighted by Crippen LogP contribution is 2.49. The van der Waals surface area contributed by atoms with Crippen LogP contribution in [-0.4, -0.2) is 22.7 Å². The maximum atomic E-state index is 14.8. The third-order valence-electron chi connectivity index (χ3n) is 6.37. The fraction of sp³-hybridized carbons (Fsp3) is 0.348. The summed E-state index contributed by atoms with van der Waals surface area (Å²) in [6, 6.07) is 10.1. The van der Waals surface area contributed by atoms with Crippen molar-refractivity contribution in [3.05, 3.63) is 64.1 Å². The largest absolute Gasteiger partial charge is 0.509 e. The maximum absolute atomic E-state index is 14.8. The van der Waals surface area contributed by atoms with Gasteiger partial charge in [-0.15, -0.1) is 0 Å². The Balaban J connectivity index is 1.81. The Bertz CT molecular complexity index is 1070. The van der Waals surface area contributed by atoms with Gasteiger partial charge in [0, 0.05) is 11.1 Å². The van der Waals surface area contributed by atoms with E-state index in [1.807, 2.05) is 0 Å². The number of carbonyl (C=O) groups is 1. The number of carbonyl (C=O) groups excluding carboxylic acids is 1. The molecule has 1 heterocycles. The van der Waals surface area contributed by atoms with Gasteiger partial charge in [-0.25, -0.2) is 4.39 Å². The van der Waals surface area contributed by atoms with Gasteiger partial charge in [-0.2, -0.15) is 13.2 Å². The van der Waals surface area contributed by atoms with Gasteiger partial charge in [0.05, 0.1) is 22.1 Å². The van der Waals surface area contributed by atoms with Crippen molar-refractivity contribution in [3.63, 3.8) is 0 Å². The maximum Gasteiger partial charge on any atom is 0.391 e. The smallest absolute Gasteiger partial charge is 0.391 e. The average Bonchev–Trinajstić information content (AvgIpc) is 2.95. The van der Waals surface area contributed by atoms with E-state index >= 15 is 0 Å². The van der Waals surface area contributed by atoms with Crippen LogP contribution >= 0.6 is 11.6 Å². The minimum absolute atomic E-state index is 0.0597. The molecule has 1 fully saturated rings. The summed E-state index contributed by atoms with van der Waals surface area (Å²) in [5, 5.41) is 13.8. The number of rotatable bonds is 2. The molecule has 1 spiro atoms. The summed E-state index contributed by atoms with van der Waals surface area (Å²) in [4.78, 5) is 12.9.